The van der Waals surface area contributed by atoms with Gasteiger partial charge in [0.15, 0.2) is 0 Å². The van der Waals surface area contributed by atoms with E-state index in [2.05, 4.69) is 17.1 Å². The van der Waals surface area contributed by atoms with Crippen molar-refractivity contribution in [1.82, 2.24) is 4.98 Å². The number of fused-ring (bicyclic) bond motifs is 1. The topological polar surface area (TPSA) is 25.0 Å². The van der Waals surface area contributed by atoms with Crippen molar-refractivity contribution in [1.29, 1.82) is 0 Å². The highest BCUT2D eigenvalue weighted by Gasteiger charge is 2.24. The minimum atomic E-state index is 0.471. The van der Waals surface area contributed by atoms with Crippen LogP contribution in [0.2, 0.25) is 0 Å². The Morgan fingerprint density at radius 1 is 1.23 bits per heavy atom. The summed E-state index contributed by atoms with van der Waals surface area (Å²) in [5.74, 6) is 0.998. The molecule has 2 heteroatoms. The number of H-pyrrole nitrogens is 1. The molecule has 1 aliphatic carbocycles. The predicted octanol–water partition coefficient (Wildman–Crippen LogP) is 2.71. The summed E-state index contributed by atoms with van der Waals surface area (Å²) in [6.45, 7) is 0. The highest BCUT2D eigenvalue weighted by molar-refractivity contribution is 5.85. The molecule has 2 aromatic rings. The first kappa shape index (κ1) is 7.01. The zero-order valence-electron chi connectivity index (χ0n) is 7.29. The van der Waals surface area contributed by atoms with E-state index in [0.29, 0.717) is 6.10 Å². The average Bonchev–Trinajstić information content (AvgIpc) is 2.88. The summed E-state index contributed by atoms with van der Waals surface area (Å²) in [5, 5.41) is 1.19. The largest absolute Gasteiger partial charge is 0.488 e. The molecule has 1 fully saturated rings. The van der Waals surface area contributed by atoms with E-state index in [4.69, 9.17) is 4.74 Å². The van der Waals surface area contributed by atoms with Crippen molar-refractivity contribution >= 4 is 10.9 Å². The van der Waals surface area contributed by atoms with Crippen molar-refractivity contribution in [3.05, 3.63) is 30.5 Å². The number of aromatic amines is 1. The van der Waals surface area contributed by atoms with Gasteiger partial charge in [-0.1, -0.05) is 12.1 Å². The van der Waals surface area contributed by atoms with E-state index in [1.54, 1.807) is 0 Å². The highest BCUT2D eigenvalue weighted by Crippen LogP contribution is 2.31. The minimum absolute atomic E-state index is 0.471. The Balaban J connectivity index is 2.06. The molecule has 0 bridgehead atoms. The van der Waals surface area contributed by atoms with Crippen LogP contribution in [0.25, 0.3) is 10.9 Å². The molecule has 2 nitrogen and oxygen atoms in total. The Kier molecular flexibility index (Phi) is 1.36. The molecule has 13 heavy (non-hydrogen) atoms. The van der Waals surface area contributed by atoms with Crippen molar-refractivity contribution in [2.75, 3.05) is 0 Å². The van der Waals surface area contributed by atoms with Crippen LogP contribution in [0.3, 0.4) is 0 Å². The quantitative estimate of drug-likeness (QED) is 0.742. The molecular weight excluding hydrogens is 162 g/mol. The molecule has 66 valence electrons. The standard InChI is InChI=1S/C11H11NO/c1-2-4-10-9(3-1)11(7-12-10)13-8-5-6-8/h1-4,7-8,12H,5-6H2. The van der Waals surface area contributed by atoms with Gasteiger partial charge in [0.05, 0.1) is 6.10 Å². The number of aromatic nitrogens is 1. The summed E-state index contributed by atoms with van der Waals surface area (Å²) in [7, 11) is 0. The molecule has 1 N–H and O–H groups in total. The second kappa shape index (κ2) is 2.52. The number of nitrogens with one attached hydrogen (secondary N) is 1. The fraction of sp³-hybridized carbons (Fsp3) is 0.273. The van der Waals surface area contributed by atoms with E-state index in [1.165, 1.54) is 18.2 Å². The van der Waals surface area contributed by atoms with Crippen LogP contribution in [0.4, 0.5) is 0 Å². The van der Waals surface area contributed by atoms with Gasteiger partial charge in [0, 0.05) is 17.1 Å². The maximum atomic E-state index is 5.75. The fourth-order valence-corrected chi connectivity index (χ4v) is 1.51. The fourth-order valence-electron chi connectivity index (χ4n) is 1.51. The Morgan fingerprint density at radius 2 is 2.08 bits per heavy atom. The smallest absolute Gasteiger partial charge is 0.144 e. The van der Waals surface area contributed by atoms with Crippen LogP contribution >= 0.6 is 0 Å². The molecule has 0 amide bonds. The molecule has 0 atom stereocenters. The average molecular weight is 173 g/mol. The van der Waals surface area contributed by atoms with E-state index in [1.807, 2.05) is 18.3 Å². The third-order valence-electron chi connectivity index (χ3n) is 2.37. The van der Waals surface area contributed by atoms with Crippen LogP contribution in [0.15, 0.2) is 30.5 Å². The number of hydrogen-bond acceptors (Lipinski definition) is 1. The maximum Gasteiger partial charge on any atom is 0.144 e. The van der Waals surface area contributed by atoms with Gasteiger partial charge in [-0.2, -0.15) is 0 Å². The second-order valence-electron chi connectivity index (χ2n) is 3.52. The van der Waals surface area contributed by atoms with Gasteiger partial charge in [0.2, 0.25) is 0 Å². The summed E-state index contributed by atoms with van der Waals surface area (Å²) in [6, 6.07) is 8.22. The normalized spacial score (nSPS) is 16.3. The van der Waals surface area contributed by atoms with E-state index >= 15 is 0 Å². The lowest BCUT2D eigenvalue weighted by molar-refractivity contribution is 0.307. The molecule has 1 heterocycles. The molecule has 1 aliphatic rings. The van der Waals surface area contributed by atoms with Crippen LogP contribution in [0.5, 0.6) is 5.75 Å². The summed E-state index contributed by atoms with van der Waals surface area (Å²) in [4.78, 5) is 3.20. The van der Waals surface area contributed by atoms with Gasteiger partial charge in [-0.15, -0.1) is 0 Å². The van der Waals surface area contributed by atoms with Gasteiger partial charge in [-0.3, -0.25) is 0 Å². The van der Waals surface area contributed by atoms with Crippen molar-refractivity contribution < 1.29 is 4.74 Å². The number of ether oxygens (including phenoxy) is 1. The number of para-hydroxylation sites is 1. The van der Waals surface area contributed by atoms with E-state index in [-0.39, 0.29) is 0 Å². The van der Waals surface area contributed by atoms with Crippen LogP contribution < -0.4 is 4.74 Å². The zero-order chi connectivity index (χ0) is 8.67. The molecule has 1 aromatic carbocycles. The van der Waals surface area contributed by atoms with Crippen LogP contribution in [0.1, 0.15) is 12.8 Å². The van der Waals surface area contributed by atoms with E-state index in [0.717, 1.165) is 11.3 Å². The summed E-state index contributed by atoms with van der Waals surface area (Å²) >= 11 is 0. The first-order valence-corrected chi connectivity index (χ1v) is 4.66. The van der Waals surface area contributed by atoms with Gasteiger partial charge in [0.1, 0.15) is 5.75 Å². The molecule has 1 aromatic heterocycles. The van der Waals surface area contributed by atoms with Crippen molar-refractivity contribution in [2.24, 2.45) is 0 Å². The van der Waals surface area contributed by atoms with E-state index < -0.39 is 0 Å². The predicted molar refractivity (Wildman–Crippen MR) is 51.9 cm³/mol. The lowest BCUT2D eigenvalue weighted by Gasteiger charge is -2.00. The Bertz CT molecular complexity index is 428. The number of rotatable bonds is 2. The first-order valence-electron chi connectivity index (χ1n) is 4.66. The van der Waals surface area contributed by atoms with Gasteiger partial charge < -0.3 is 9.72 Å². The molecule has 1 saturated carbocycles. The monoisotopic (exact) mass is 173 g/mol. The first-order chi connectivity index (χ1) is 6.43. The van der Waals surface area contributed by atoms with Crippen molar-refractivity contribution in [3.63, 3.8) is 0 Å². The zero-order valence-corrected chi connectivity index (χ0v) is 7.29. The lowest BCUT2D eigenvalue weighted by Crippen LogP contribution is -1.94. The minimum Gasteiger partial charge on any atom is -0.488 e. The molecule has 0 spiro atoms. The lowest BCUT2D eigenvalue weighted by atomic mass is 10.2. The molecule has 3 rings (SSSR count). The molecule has 0 unspecified atom stereocenters. The number of benzene rings is 1. The molecule has 0 radical (unpaired) electrons. The van der Waals surface area contributed by atoms with Gasteiger partial charge in [-0.05, 0) is 25.0 Å². The Hall–Kier alpha value is -1.44. The molecule has 0 aliphatic heterocycles. The van der Waals surface area contributed by atoms with Crippen LogP contribution in [0, 0.1) is 0 Å². The number of hydrogen-bond donors (Lipinski definition) is 1. The highest BCUT2D eigenvalue weighted by atomic mass is 16.5. The summed E-state index contributed by atoms with van der Waals surface area (Å²) in [5.41, 5.74) is 1.15. The van der Waals surface area contributed by atoms with Crippen molar-refractivity contribution in [2.45, 2.75) is 18.9 Å². The van der Waals surface area contributed by atoms with Crippen molar-refractivity contribution in [3.8, 4) is 5.75 Å². The Labute approximate surface area is 76.5 Å². The van der Waals surface area contributed by atoms with E-state index in [9.17, 15) is 0 Å². The van der Waals surface area contributed by atoms with Gasteiger partial charge in [-0.25, -0.2) is 0 Å². The second-order valence-corrected chi connectivity index (χ2v) is 3.52. The van der Waals surface area contributed by atoms with Crippen LogP contribution in [-0.2, 0) is 0 Å². The summed E-state index contributed by atoms with van der Waals surface area (Å²) < 4.78 is 5.75. The van der Waals surface area contributed by atoms with Gasteiger partial charge >= 0.3 is 0 Å². The third-order valence-corrected chi connectivity index (χ3v) is 2.37. The van der Waals surface area contributed by atoms with Gasteiger partial charge in [0.25, 0.3) is 0 Å². The van der Waals surface area contributed by atoms with Crippen LogP contribution in [-0.4, -0.2) is 11.1 Å². The maximum absolute atomic E-state index is 5.75. The SMILES string of the molecule is c1ccc2c(OC3CC3)c[nH]c2c1. The summed E-state index contributed by atoms with van der Waals surface area (Å²) in [6.07, 6.45) is 4.83. The Morgan fingerprint density at radius 3 is 2.92 bits per heavy atom. The molecule has 0 saturated heterocycles. The molecular formula is C11H11NO. The third kappa shape index (κ3) is 1.18.